The molecule has 0 amide bonds. The maximum atomic E-state index is 10.6. The van der Waals surface area contributed by atoms with E-state index in [4.69, 9.17) is 15.3 Å². The molecule has 0 bridgehead atoms. The van der Waals surface area contributed by atoms with Crippen LogP contribution in [0.2, 0.25) is 0 Å². The third-order valence-corrected chi connectivity index (χ3v) is 1.02. The second-order valence-corrected chi connectivity index (χ2v) is 2.15. The summed E-state index contributed by atoms with van der Waals surface area (Å²) in [5, 5.41) is 25.1. The Kier molecular flexibility index (Phi) is 4.40. The summed E-state index contributed by atoms with van der Waals surface area (Å²) in [6.45, 7) is -0.522. The van der Waals surface area contributed by atoms with Gasteiger partial charge in [0, 0.05) is 6.42 Å². The van der Waals surface area contributed by atoms with Crippen LogP contribution in [0.5, 0.6) is 0 Å². The number of carboxylic acids is 1. The zero-order valence-corrected chi connectivity index (χ0v) is 5.86. The number of carboxylic acid groups (broad SMARTS) is 1. The van der Waals surface area contributed by atoms with Gasteiger partial charge in [0.25, 0.3) is 0 Å². The van der Waals surface area contributed by atoms with Gasteiger partial charge in [0.05, 0.1) is 12.7 Å². The first-order valence-electron chi connectivity index (χ1n) is 3.08. The predicted octanol–water partition coefficient (Wildman–Crippen LogP) is -1.23. The SMILES string of the molecule is O=C(O)CC(=O)C[C@H](O)CO. The maximum absolute atomic E-state index is 10.6. The van der Waals surface area contributed by atoms with Gasteiger partial charge in [-0.15, -0.1) is 0 Å². The average Bonchev–Trinajstić information content (AvgIpc) is 1.85. The fourth-order valence-electron chi connectivity index (χ4n) is 0.568. The van der Waals surface area contributed by atoms with Crippen LogP contribution in [0.1, 0.15) is 12.8 Å². The molecule has 0 unspecified atom stereocenters. The van der Waals surface area contributed by atoms with Gasteiger partial charge in [0.2, 0.25) is 0 Å². The third kappa shape index (κ3) is 5.50. The molecule has 11 heavy (non-hydrogen) atoms. The smallest absolute Gasteiger partial charge is 0.310 e. The molecule has 0 aliphatic heterocycles. The lowest BCUT2D eigenvalue weighted by atomic mass is 10.1. The van der Waals surface area contributed by atoms with Crippen molar-refractivity contribution in [2.45, 2.75) is 18.9 Å². The molecule has 0 aromatic heterocycles. The molecule has 5 heteroatoms. The minimum atomic E-state index is -1.22. The number of aliphatic carboxylic acids is 1. The molecule has 0 fully saturated rings. The molecule has 64 valence electrons. The number of carbonyl (C=O) groups excluding carboxylic acids is 1. The van der Waals surface area contributed by atoms with E-state index in [9.17, 15) is 9.59 Å². The van der Waals surface area contributed by atoms with E-state index in [2.05, 4.69) is 0 Å². The standard InChI is InChI=1S/C6H10O5/c7-3-5(9)1-4(8)2-6(10)11/h5,7,9H,1-3H2,(H,10,11)/t5-/m0/s1. The number of hydrogen-bond acceptors (Lipinski definition) is 4. The highest BCUT2D eigenvalue weighted by Crippen LogP contribution is 1.95. The van der Waals surface area contributed by atoms with Crippen LogP contribution in [-0.4, -0.2) is 39.8 Å². The molecule has 0 aliphatic carbocycles. The highest BCUT2D eigenvalue weighted by atomic mass is 16.4. The van der Waals surface area contributed by atoms with Gasteiger partial charge in [-0.3, -0.25) is 9.59 Å². The van der Waals surface area contributed by atoms with Gasteiger partial charge < -0.3 is 15.3 Å². The van der Waals surface area contributed by atoms with Crippen molar-refractivity contribution in [3.63, 3.8) is 0 Å². The Labute approximate surface area is 63.3 Å². The number of carbonyl (C=O) groups is 2. The van der Waals surface area contributed by atoms with Crippen molar-refractivity contribution in [1.29, 1.82) is 0 Å². The molecule has 5 nitrogen and oxygen atoms in total. The van der Waals surface area contributed by atoms with Crippen LogP contribution in [0.3, 0.4) is 0 Å². The summed E-state index contributed by atoms with van der Waals surface area (Å²) >= 11 is 0. The van der Waals surface area contributed by atoms with E-state index in [1.54, 1.807) is 0 Å². The van der Waals surface area contributed by atoms with E-state index in [-0.39, 0.29) is 6.42 Å². The number of aliphatic hydroxyl groups is 2. The van der Waals surface area contributed by atoms with Crippen LogP contribution in [0.25, 0.3) is 0 Å². The Balaban J connectivity index is 3.60. The minimum absolute atomic E-state index is 0.303. The average molecular weight is 162 g/mol. The number of rotatable bonds is 5. The second kappa shape index (κ2) is 4.81. The van der Waals surface area contributed by atoms with Gasteiger partial charge in [-0.25, -0.2) is 0 Å². The van der Waals surface area contributed by atoms with E-state index in [0.29, 0.717) is 0 Å². The van der Waals surface area contributed by atoms with Crippen molar-refractivity contribution in [2.24, 2.45) is 0 Å². The van der Waals surface area contributed by atoms with Crippen LogP contribution >= 0.6 is 0 Å². The zero-order valence-electron chi connectivity index (χ0n) is 5.86. The maximum Gasteiger partial charge on any atom is 0.310 e. The minimum Gasteiger partial charge on any atom is -0.481 e. The molecule has 1 atom stereocenters. The Hall–Kier alpha value is -0.940. The third-order valence-electron chi connectivity index (χ3n) is 1.02. The summed E-state index contributed by atoms with van der Waals surface area (Å²) in [5.41, 5.74) is 0. The molecule has 0 saturated heterocycles. The van der Waals surface area contributed by atoms with E-state index >= 15 is 0 Å². The van der Waals surface area contributed by atoms with Crippen molar-refractivity contribution in [1.82, 2.24) is 0 Å². The number of Topliss-reactive ketones (excluding diaryl/α,β-unsaturated/α-hetero) is 1. The molecule has 0 aromatic rings. The topological polar surface area (TPSA) is 94.8 Å². The Morgan fingerprint density at radius 1 is 1.36 bits per heavy atom. The Bertz CT molecular complexity index is 153. The molecule has 0 heterocycles. The molecule has 3 N–H and O–H groups in total. The summed E-state index contributed by atoms with van der Waals surface area (Å²) in [6, 6.07) is 0. The van der Waals surface area contributed by atoms with Gasteiger partial charge in [-0.1, -0.05) is 0 Å². The number of hydrogen-bond donors (Lipinski definition) is 3. The normalized spacial score (nSPS) is 12.5. The summed E-state index contributed by atoms with van der Waals surface area (Å²) < 4.78 is 0. The van der Waals surface area contributed by atoms with Crippen molar-refractivity contribution < 1.29 is 24.9 Å². The highest BCUT2D eigenvalue weighted by Gasteiger charge is 2.12. The van der Waals surface area contributed by atoms with E-state index in [0.717, 1.165) is 0 Å². The van der Waals surface area contributed by atoms with Crippen molar-refractivity contribution in [2.75, 3.05) is 6.61 Å². The van der Waals surface area contributed by atoms with Crippen LogP contribution in [0.4, 0.5) is 0 Å². The second-order valence-electron chi connectivity index (χ2n) is 2.15. The molecule has 0 radical (unpaired) electrons. The van der Waals surface area contributed by atoms with Crippen molar-refractivity contribution in [3.05, 3.63) is 0 Å². The van der Waals surface area contributed by atoms with Gasteiger partial charge in [0.1, 0.15) is 12.2 Å². The van der Waals surface area contributed by atoms with Crippen LogP contribution in [0, 0.1) is 0 Å². The summed E-state index contributed by atoms with van der Waals surface area (Å²) in [7, 11) is 0. The fourth-order valence-corrected chi connectivity index (χ4v) is 0.568. The van der Waals surface area contributed by atoms with Crippen LogP contribution in [0.15, 0.2) is 0 Å². The summed E-state index contributed by atoms with van der Waals surface area (Å²) in [5.74, 6) is -1.81. The predicted molar refractivity (Wildman–Crippen MR) is 35.0 cm³/mol. The molecule has 0 aliphatic rings. The quantitative estimate of drug-likeness (QED) is 0.440. The monoisotopic (exact) mass is 162 g/mol. The van der Waals surface area contributed by atoms with Crippen molar-refractivity contribution in [3.8, 4) is 0 Å². The Morgan fingerprint density at radius 2 is 1.91 bits per heavy atom. The van der Waals surface area contributed by atoms with Crippen LogP contribution < -0.4 is 0 Å². The molecule has 0 rings (SSSR count). The lowest BCUT2D eigenvalue weighted by molar-refractivity contribution is -0.140. The molecule has 0 spiro atoms. The van der Waals surface area contributed by atoms with Crippen LogP contribution in [-0.2, 0) is 9.59 Å². The first kappa shape index (κ1) is 10.1. The van der Waals surface area contributed by atoms with Gasteiger partial charge in [-0.05, 0) is 0 Å². The Morgan fingerprint density at radius 3 is 2.27 bits per heavy atom. The highest BCUT2D eigenvalue weighted by molar-refractivity contribution is 5.94. The lowest BCUT2D eigenvalue weighted by Crippen LogP contribution is -2.19. The van der Waals surface area contributed by atoms with Gasteiger partial charge >= 0.3 is 5.97 Å². The number of ketones is 1. The fraction of sp³-hybridized carbons (Fsp3) is 0.667. The van der Waals surface area contributed by atoms with E-state index < -0.39 is 30.9 Å². The van der Waals surface area contributed by atoms with E-state index in [1.807, 2.05) is 0 Å². The molecule has 0 saturated carbocycles. The first-order chi connectivity index (χ1) is 5.06. The largest absolute Gasteiger partial charge is 0.481 e. The van der Waals surface area contributed by atoms with Gasteiger partial charge in [0.15, 0.2) is 0 Å². The van der Waals surface area contributed by atoms with Gasteiger partial charge in [-0.2, -0.15) is 0 Å². The zero-order chi connectivity index (χ0) is 8.85. The summed E-state index contributed by atoms with van der Waals surface area (Å²) in [6.07, 6.45) is -2.04. The first-order valence-corrected chi connectivity index (χ1v) is 3.08. The molecular weight excluding hydrogens is 152 g/mol. The summed E-state index contributed by atoms with van der Waals surface area (Å²) in [4.78, 5) is 20.5. The van der Waals surface area contributed by atoms with E-state index in [1.165, 1.54) is 0 Å². The lowest BCUT2D eigenvalue weighted by Gasteiger charge is -2.02. The number of aliphatic hydroxyl groups excluding tert-OH is 2. The molecule has 0 aromatic carbocycles. The van der Waals surface area contributed by atoms with Crippen molar-refractivity contribution >= 4 is 11.8 Å². The molecular formula is C6H10O5.